The number of hydrogen-bond donors (Lipinski definition) is 0. The molecule has 1 aliphatic rings. The van der Waals surface area contributed by atoms with Gasteiger partial charge >= 0.3 is 0 Å². The number of rotatable bonds is 0. The third kappa shape index (κ3) is 1.11. The van der Waals surface area contributed by atoms with Gasteiger partial charge in [-0.05, 0) is 12.3 Å². The number of aromatic nitrogens is 2. The summed E-state index contributed by atoms with van der Waals surface area (Å²) >= 11 is 0. The van der Waals surface area contributed by atoms with Crippen LogP contribution in [0.15, 0.2) is 12.5 Å². The summed E-state index contributed by atoms with van der Waals surface area (Å²) in [6.45, 7) is 2.07. The van der Waals surface area contributed by atoms with Crippen LogP contribution in [0.3, 0.4) is 0 Å². The van der Waals surface area contributed by atoms with Gasteiger partial charge in [-0.2, -0.15) is 0 Å². The lowest BCUT2D eigenvalue weighted by Crippen LogP contribution is -2.19. The topological polar surface area (TPSA) is 42.9 Å². The highest BCUT2D eigenvalue weighted by Gasteiger charge is 2.22. The molecule has 3 nitrogen and oxygen atoms in total. The Morgan fingerprint density at radius 2 is 2.33 bits per heavy atom. The molecule has 0 amide bonds. The fourth-order valence-electron chi connectivity index (χ4n) is 1.58. The van der Waals surface area contributed by atoms with Gasteiger partial charge in [-0.3, -0.25) is 4.79 Å². The minimum Gasteiger partial charge on any atom is -0.294 e. The predicted molar refractivity (Wildman–Crippen MR) is 43.8 cm³/mol. The summed E-state index contributed by atoms with van der Waals surface area (Å²) in [7, 11) is 0. The second-order valence-corrected chi connectivity index (χ2v) is 3.32. The monoisotopic (exact) mass is 162 g/mol. The lowest BCUT2D eigenvalue weighted by molar-refractivity contribution is 0.0951. The van der Waals surface area contributed by atoms with Crippen molar-refractivity contribution >= 4 is 5.78 Å². The third-order valence-corrected chi connectivity index (χ3v) is 2.17. The van der Waals surface area contributed by atoms with Crippen molar-refractivity contribution in [3.05, 3.63) is 23.8 Å². The van der Waals surface area contributed by atoms with Crippen LogP contribution in [0.4, 0.5) is 0 Å². The van der Waals surface area contributed by atoms with Gasteiger partial charge < -0.3 is 0 Å². The molecule has 0 aliphatic heterocycles. The molecule has 1 aromatic rings. The van der Waals surface area contributed by atoms with E-state index >= 15 is 0 Å². The molecule has 3 heteroatoms. The SMILES string of the molecule is CC1CC(=O)c2cncnc2C1. The van der Waals surface area contributed by atoms with Crippen molar-refractivity contribution in [3.8, 4) is 0 Å². The Balaban J connectivity index is 2.47. The molecule has 0 aromatic carbocycles. The first kappa shape index (κ1) is 7.40. The van der Waals surface area contributed by atoms with Crippen molar-refractivity contribution in [2.24, 2.45) is 5.92 Å². The summed E-state index contributed by atoms with van der Waals surface area (Å²) in [5, 5.41) is 0. The second-order valence-electron chi connectivity index (χ2n) is 3.32. The molecule has 0 spiro atoms. The number of carbonyl (C=O) groups is 1. The molecule has 12 heavy (non-hydrogen) atoms. The Morgan fingerprint density at radius 3 is 3.17 bits per heavy atom. The number of carbonyl (C=O) groups excluding carboxylic acids is 1. The van der Waals surface area contributed by atoms with Crippen LogP contribution in [-0.2, 0) is 6.42 Å². The molecule has 0 radical (unpaired) electrons. The predicted octanol–water partition coefficient (Wildman–Crippen LogP) is 1.24. The van der Waals surface area contributed by atoms with Gasteiger partial charge in [0.2, 0.25) is 0 Å². The minimum atomic E-state index is 0.185. The van der Waals surface area contributed by atoms with E-state index in [-0.39, 0.29) is 5.78 Å². The summed E-state index contributed by atoms with van der Waals surface area (Å²) < 4.78 is 0. The summed E-state index contributed by atoms with van der Waals surface area (Å²) in [5.41, 5.74) is 1.63. The second kappa shape index (κ2) is 2.66. The first-order chi connectivity index (χ1) is 5.77. The number of Topliss-reactive ketones (excluding diaryl/α,β-unsaturated/α-hetero) is 1. The van der Waals surface area contributed by atoms with Crippen molar-refractivity contribution in [2.45, 2.75) is 19.8 Å². The van der Waals surface area contributed by atoms with Crippen LogP contribution in [0.2, 0.25) is 0 Å². The van der Waals surface area contributed by atoms with Gasteiger partial charge in [0.15, 0.2) is 5.78 Å². The van der Waals surface area contributed by atoms with E-state index in [1.807, 2.05) is 0 Å². The molecular formula is C9H10N2O. The van der Waals surface area contributed by atoms with E-state index in [0.717, 1.165) is 17.7 Å². The van der Waals surface area contributed by atoms with Crippen molar-refractivity contribution in [3.63, 3.8) is 0 Å². The van der Waals surface area contributed by atoms with Crippen LogP contribution in [0.25, 0.3) is 0 Å². The molecule has 2 rings (SSSR count). The van der Waals surface area contributed by atoms with E-state index in [0.29, 0.717) is 12.3 Å². The molecule has 0 N–H and O–H groups in total. The van der Waals surface area contributed by atoms with E-state index in [9.17, 15) is 4.79 Å². The molecule has 0 saturated heterocycles. The maximum absolute atomic E-state index is 11.4. The summed E-state index contributed by atoms with van der Waals surface area (Å²) in [5.74, 6) is 0.615. The average Bonchev–Trinajstić information content (AvgIpc) is 2.04. The lowest BCUT2D eigenvalue weighted by atomic mass is 9.88. The van der Waals surface area contributed by atoms with Gasteiger partial charge in [-0.1, -0.05) is 6.92 Å². The fourth-order valence-corrected chi connectivity index (χ4v) is 1.58. The fraction of sp³-hybridized carbons (Fsp3) is 0.444. The molecular weight excluding hydrogens is 152 g/mol. The Morgan fingerprint density at radius 1 is 1.50 bits per heavy atom. The van der Waals surface area contributed by atoms with Gasteiger partial charge in [-0.25, -0.2) is 9.97 Å². The molecule has 1 heterocycles. The van der Waals surface area contributed by atoms with Gasteiger partial charge in [-0.15, -0.1) is 0 Å². The zero-order valence-corrected chi connectivity index (χ0v) is 6.95. The molecule has 0 bridgehead atoms. The normalized spacial score (nSPS) is 22.1. The highest BCUT2D eigenvalue weighted by molar-refractivity contribution is 5.97. The van der Waals surface area contributed by atoms with Gasteiger partial charge in [0.1, 0.15) is 6.33 Å². The van der Waals surface area contributed by atoms with Crippen molar-refractivity contribution < 1.29 is 4.79 Å². The number of hydrogen-bond acceptors (Lipinski definition) is 3. The largest absolute Gasteiger partial charge is 0.294 e. The minimum absolute atomic E-state index is 0.185. The summed E-state index contributed by atoms with van der Waals surface area (Å²) in [6, 6.07) is 0. The van der Waals surface area contributed by atoms with Crippen LogP contribution < -0.4 is 0 Å². The lowest BCUT2D eigenvalue weighted by Gasteiger charge is -2.17. The van der Waals surface area contributed by atoms with Crippen LogP contribution in [0.5, 0.6) is 0 Å². The standard InChI is InChI=1S/C9H10N2O/c1-6-2-8-7(9(12)3-6)4-10-5-11-8/h4-6H,2-3H2,1H3. The number of ketones is 1. The molecule has 1 aromatic heterocycles. The van der Waals surface area contributed by atoms with Gasteiger partial charge in [0, 0.05) is 12.6 Å². The molecule has 0 fully saturated rings. The molecule has 62 valence electrons. The zero-order valence-electron chi connectivity index (χ0n) is 6.95. The van der Waals surface area contributed by atoms with Crippen LogP contribution in [0.1, 0.15) is 29.4 Å². The van der Waals surface area contributed by atoms with Crippen LogP contribution >= 0.6 is 0 Å². The van der Waals surface area contributed by atoms with Crippen LogP contribution in [-0.4, -0.2) is 15.8 Å². The van der Waals surface area contributed by atoms with Gasteiger partial charge in [0.05, 0.1) is 11.3 Å². The third-order valence-electron chi connectivity index (χ3n) is 2.17. The molecule has 0 saturated carbocycles. The summed E-state index contributed by atoms with van der Waals surface area (Å²) in [6.07, 6.45) is 4.67. The Labute approximate surface area is 70.9 Å². The number of nitrogens with zero attached hydrogens (tertiary/aromatic N) is 2. The van der Waals surface area contributed by atoms with Crippen molar-refractivity contribution in [1.29, 1.82) is 0 Å². The molecule has 1 unspecified atom stereocenters. The highest BCUT2D eigenvalue weighted by atomic mass is 16.1. The quantitative estimate of drug-likeness (QED) is 0.576. The maximum atomic E-state index is 11.4. The molecule has 1 aliphatic carbocycles. The average molecular weight is 162 g/mol. The van der Waals surface area contributed by atoms with E-state index in [2.05, 4.69) is 16.9 Å². The van der Waals surface area contributed by atoms with E-state index in [1.165, 1.54) is 6.33 Å². The summed E-state index contributed by atoms with van der Waals surface area (Å²) in [4.78, 5) is 19.3. The van der Waals surface area contributed by atoms with Crippen molar-refractivity contribution in [1.82, 2.24) is 9.97 Å². The maximum Gasteiger partial charge on any atom is 0.166 e. The first-order valence-corrected chi connectivity index (χ1v) is 4.09. The Hall–Kier alpha value is -1.25. The Bertz CT molecular complexity index is 322. The molecule has 1 atom stereocenters. The van der Waals surface area contributed by atoms with E-state index < -0.39 is 0 Å². The highest BCUT2D eigenvalue weighted by Crippen LogP contribution is 2.22. The first-order valence-electron chi connectivity index (χ1n) is 4.09. The van der Waals surface area contributed by atoms with Crippen LogP contribution in [0, 0.1) is 5.92 Å². The zero-order chi connectivity index (χ0) is 8.55. The smallest absolute Gasteiger partial charge is 0.166 e. The number of fused-ring (bicyclic) bond motifs is 1. The van der Waals surface area contributed by atoms with Crippen molar-refractivity contribution in [2.75, 3.05) is 0 Å². The Kier molecular flexibility index (Phi) is 1.64. The van der Waals surface area contributed by atoms with E-state index in [1.54, 1.807) is 6.20 Å². The van der Waals surface area contributed by atoms with Gasteiger partial charge in [0.25, 0.3) is 0 Å². The van der Waals surface area contributed by atoms with E-state index in [4.69, 9.17) is 0 Å².